The Morgan fingerprint density at radius 2 is 1.86 bits per heavy atom. The van der Waals surface area contributed by atoms with Crippen LogP contribution in [0.4, 0.5) is 0 Å². The molecule has 0 fully saturated rings. The molecule has 1 atom stereocenters. The molecule has 222 valence electrons. The lowest BCUT2D eigenvalue weighted by Crippen LogP contribution is -2.40. The first kappa shape index (κ1) is 30.8. The number of para-hydroxylation sites is 1. The number of benzene rings is 3. The molecule has 0 aliphatic carbocycles. The predicted molar refractivity (Wildman–Crippen MR) is 173 cm³/mol. The summed E-state index contributed by atoms with van der Waals surface area (Å²) in [7, 11) is 0. The zero-order valence-electron chi connectivity index (χ0n) is 24.1. The van der Waals surface area contributed by atoms with Crippen molar-refractivity contribution in [2.24, 2.45) is 4.99 Å². The first-order valence-electron chi connectivity index (χ1n) is 13.8. The summed E-state index contributed by atoms with van der Waals surface area (Å²) in [6, 6.07) is 20.0. The SMILES string of the molecule is CCOC(=O)C1=C(C)N=c2s/c(=C/c3cc(Cl)c(OCc4ccccc4)c(Br)c3)c(=O)n2[C@@H]1c1ccccc1OC(C)C. The molecule has 0 radical (unpaired) electrons. The molecule has 3 aromatic carbocycles. The van der Waals surface area contributed by atoms with E-state index >= 15 is 0 Å². The van der Waals surface area contributed by atoms with E-state index < -0.39 is 12.0 Å². The normalized spacial score (nSPS) is 14.9. The number of fused-ring (bicyclic) bond motifs is 1. The van der Waals surface area contributed by atoms with Crippen LogP contribution < -0.4 is 24.4 Å². The van der Waals surface area contributed by atoms with Crippen LogP contribution in [0.1, 0.15) is 50.4 Å². The molecule has 2 heterocycles. The van der Waals surface area contributed by atoms with Gasteiger partial charge in [-0.05, 0) is 79.0 Å². The van der Waals surface area contributed by atoms with Gasteiger partial charge in [0, 0.05) is 5.56 Å². The quantitative estimate of drug-likeness (QED) is 0.187. The Morgan fingerprint density at radius 3 is 2.56 bits per heavy atom. The molecule has 0 spiro atoms. The topological polar surface area (TPSA) is 79.1 Å². The summed E-state index contributed by atoms with van der Waals surface area (Å²) in [4.78, 5) is 32.5. The van der Waals surface area contributed by atoms with Gasteiger partial charge in [0.2, 0.25) is 0 Å². The van der Waals surface area contributed by atoms with Gasteiger partial charge in [0.15, 0.2) is 10.6 Å². The highest BCUT2D eigenvalue weighted by molar-refractivity contribution is 9.10. The van der Waals surface area contributed by atoms with Gasteiger partial charge in [0.1, 0.15) is 18.4 Å². The van der Waals surface area contributed by atoms with Crippen LogP contribution in [-0.4, -0.2) is 23.2 Å². The zero-order valence-corrected chi connectivity index (χ0v) is 27.3. The van der Waals surface area contributed by atoms with Crippen LogP contribution in [0.25, 0.3) is 6.08 Å². The van der Waals surface area contributed by atoms with Gasteiger partial charge in [-0.25, -0.2) is 9.79 Å². The lowest BCUT2D eigenvalue weighted by atomic mass is 9.95. The molecule has 0 saturated heterocycles. The maximum Gasteiger partial charge on any atom is 0.338 e. The van der Waals surface area contributed by atoms with E-state index in [2.05, 4.69) is 20.9 Å². The highest BCUT2D eigenvalue weighted by Gasteiger charge is 2.35. The Hall–Kier alpha value is -3.66. The van der Waals surface area contributed by atoms with Crippen molar-refractivity contribution in [3.63, 3.8) is 0 Å². The van der Waals surface area contributed by atoms with Gasteiger partial charge in [-0.15, -0.1) is 0 Å². The molecule has 0 N–H and O–H groups in total. The van der Waals surface area contributed by atoms with Gasteiger partial charge >= 0.3 is 5.97 Å². The molecule has 0 bridgehead atoms. The average Bonchev–Trinajstić information content (AvgIpc) is 3.26. The molecule has 43 heavy (non-hydrogen) atoms. The first-order valence-corrected chi connectivity index (χ1v) is 15.8. The summed E-state index contributed by atoms with van der Waals surface area (Å²) >= 11 is 11.4. The fourth-order valence-electron chi connectivity index (χ4n) is 4.84. The average molecular weight is 682 g/mol. The van der Waals surface area contributed by atoms with Gasteiger partial charge < -0.3 is 14.2 Å². The summed E-state index contributed by atoms with van der Waals surface area (Å²) in [6.07, 6.45) is 1.65. The minimum absolute atomic E-state index is 0.115. The molecule has 1 aliphatic heterocycles. The summed E-state index contributed by atoms with van der Waals surface area (Å²) in [5.74, 6) is 0.570. The van der Waals surface area contributed by atoms with Crippen molar-refractivity contribution in [3.05, 3.63) is 124 Å². The van der Waals surface area contributed by atoms with Gasteiger partial charge in [-0.1, -0.05) is 71.5 Å². The number of thiazole rings is 1. The summed E-state index contributed by atoms with van der Waals surface area (Å²) in [5.41, 5.74) is 2.89. The molecule has 0 unspecified atom stereocenters. The van der Waals surface area contributed by atoms with Crippen molar-refractivity contribution in [1.82, 2.24) is 4.57 Å². The summed E-state index contributed by atoms with van der Waals surface area (Å²) in [6.45, 7) is 7.91. The second-order valence-corrected chi connectivity index (χ2v) is 12.4. The third-order valence-corrected chi connectivity index (χ3v) is 8.49. The Kier molecular flexibility index (Phi) is 9.54. The molecular weight excluding hydrogens is 652 g/mol. The van der Waals surface area contributed by atoms with E-state index in [9.17, 15) is 9.59 Å². The fourth-order valence-corrected chi connectivity index (χ4v) is 6.87. The maximum atomic E-state index is 14.1. The lowest BCUT2D eigenvalue weighted by molar-refractivity contribution is -0.139. The predicted octanol–water partition coefficient (Wildman–Crippen LogP) is 6.58. The van der Waals surface area contributed by atoms with E-state index in [1.54, 1.807) is 30.6 Å². The van der Waals surface area contributed by atoms with E-state index in [4.69, 9.17) is 25.8 Å². The number of aromatic nitrogens is 1. The number of esters is 1. The minimum Gasteiger partial charge on any atom is -0.491 e. The van der Waals surface area contributed by atoms with Crippen LogP contribution in [0.3, 0.4) is 0 Å². The third kappa shape index (κ3) is 6.64. The Morgan fingerprint density at radius 1 is 1.14 bits per heavy atom. The van der Waals surface area contributed by atoms with Gasteiger partial charge in [0.25, 0.3) is 5.56 Å². The number of nitrogens with zero attached hydrogens (tertiary/aromatic N) is 2. The second-order valence-electron chi connectivity index (χ2n) is 10.1. The van der Waals surface area contributed by atoms with Crippen molar-refractivity contribution in [2.75, 3.05) is 6.61 Å². The number of carbonyl (C=O) groups is 1. The minimum atomic E-state index is -0.781. The molecule has 0 amide bonds. The highest BCUT2D eigenvalue weighted by Crippen LogP contribution is 2.37. The number of hydrogen-bond donors (Lipinski definition) is 0. The van der Waals surface area contributed by atoms with Crippen molar-refractivity contribution < 1.29 is 19.0 Å². The van der Waals surface area contributed by atoms with Crippen LogP contribution in [0.5, 0.6) is 11.5 Å². The number of hydrogen-bond acceptors (Lipinski definition) is 7. The smallest absolute Gasteiger partial charge is 0.338 e. The number of rotatable bonds is 9. The van der Waals surface area contributed by atoms with E-state index in [0.29, 0.717) is 59.3 Å². The van der Waals surface area contributed by atoms with Crippen LogP contribution in [0.15, 0.2) is 92.3 Å². The van der Waals surface area contributed by atoms with E-state index in [0.717, 1.165) is 5.56 Å². The molecule has 7 nitrogen and oxygen atoms in total. The second kappa shape index (κ2) is 13.3. The van der Waals surface area contributed by atoms with Crippen molar-refractivity contribution in [1.29, 1.82) is 0 Å². The van der Waals surface area contributed by atoms with Gasteiger partial charge in [-0.3, -0.25) is 9.36 Å². The summed E-state index contributed by atoms with van der Waals surface area (Å²) in [5, 5.41) is 0.405. The Bertz CT molecular complexity index is 1860. The van der Waals surface area contributed by atoms with Crippen molar-refractivity contribution >= 4 is 50.9 Å². The van der Waals surface area contributed by atoms with E-state index in [-0.39, 0.29) is 18.3 Å². The Balaban J connectivity index is 1.60. The van der Waals surface area contributed by atoms with Crippen LogP contribution >= 0.6 is 38.9 Å². The molecule has 0 saturated carbocycles. The summed E-state index contributed by atoms with van der Waals surface area (Å²) < 4.78 is 20.2. The number of halogens is 2. The van der Waals surface area contributed by atoms with Crippen LogP contribution in [0, 0.1) is 0 Å². The molecule has 10 heteroatoms. The van der Waals surface area contributed by atoms with Gasteiger partial charge in [0.05, 0.1) is 38.0 Å². The molecular formula is C33H30BrClN2O5S. The largest absolute Gasteiger partial charge is 0.491 e. The van der Waals surface area contributed by atoms with Crippen LogP contribution in [0.2, 0.25) is 5.02 Å². The highest BCUT2D eigenvalue weighted by atomic mass is 79.9. The van der Waals surface area contributed by atoms with Crippen molar-refractivity contribution in [3.8, 4) is 11.5 Å². The number of ether oxygens (including phenoxy) is 3. The van der Waals surface area contributed by atoms with Gasteiger partial charge in [-0.2, -0.15) is 0 Å². The van der Waals surface area contributed by atoms with E-state index in [1.165, 1.54) is 11.3 Å². The van der Waals surface area contributed by atoms with Crippen molar-refractivity contribution in [2.45, 2.75) is 46.4 Å². The first-order chi connectivity index (χ1) is 20.7. The molecule has 1 aliphatic rings. The lowest BCUT2D eigenvalue weighted by Gasteiger charge is -2.26. The fraction of sp³-hybridized carbons (Fsp3) is 0.242. The maximum absolute atomic E-state index is 14.1. The third-order valence-electron chi connectivity index (χ3n) is 6.64. The van der Waals surface area contributed by atoms with E-state index in [1.807, 2.05) is 74.5 Å². The number of carbonyl (C=O) groups excluding carboxylic acids is 1. The monoisotopic (exact) mass is 680 g/mol. The molecule has 4 aromatic rings. The standard InChI is InChI=1S/C33H30BrClN2O5S/c1-5-40-32(39)28-20(4)36-33-37(29(28)23-13-9-10-14-26(23)42-19(2)3)31(38)27(43-33)17-22-15-24(34)30(25(35)16-22)41-18-21-11-7-6-8-12-21/h6-17,19,29H,5,18H2,1-4H3/b27-17+/t29-/m1/s1. The molecule has 1 aromatic heterocycles. The zero-order chi connectivity index (χ0) is 30.7. The van der Waals surface area contributed by atoms with Crippen LogP contribution in [-0.2, 0) is 16.1 Å². The number of allylic oxidation sites excluding steroid dienone is 1. The Labute approximate surface area is 266 Å². The molecule has 5 rings (SSSR count).